The van der Waals surface area contributed by atoms with Gasteiger partial charge in [0.05, 0.1) is 6.42 Å². The molecule has 86 valence electrons. The standard InChI is InChI=1S/C13H16ClNO/c1-11-6-2-3-7-12(11)10-13(16)15-9-5-4-8-14/h2-7H,8-10H2,1H3,(H,15,16)/b5-4+. The normalized spacial score (nSPS) is 10.6. The van der Waals surface area contributed by atoms with E-state index in [2.05, 4.69) is 5.32 Å². The number of amides is 1. The van der Waals surface area contributed by atoms with Gasteiger partial charge in [-0.25, -0.2) is 0 Å². The number of nitrogens with one attached hydrogen (secondary N) is 1. The van der Waals surface area contributed by atoms with E-state index in [1.54, 1.807) is 0 Å². The molecule has 0 aliphatic rings. The third kappa shape index (κ3) is 4.49. The quantitative estimate of drug-likeness (QED) is 0.619. The molecule has 3 heteroatoms. The average molecular weight is 238 g/mol. The predicted molar refractivity (Wildman–Crippen MR) is 67.8 cm³/mol. The highest BCUT2D eigenvalue weighted by Crippen LogP contribution is 2.07. The van der Waals surface area contributed by atoms with E-state index in [0.717, 1.165) is 11.1 Å². The molecule has 0 saturated carbocycles. The first-order valence-corrected chi connectivity index (χ1v) is 5.79. The first-order chi connectivity index (χ1) is 7.74. The molecule has 0 atom stereocenters. The van der Waals surface area contributed by atoms with Crippen LogP contribution in [0.25, 0.3) is 0 Å². The molecular weight excluding hydrogens is 222 g/mol. The van der Waals surface area contributed by atoms with E-state index in [-0.39, 0.29) is 5.91 Å². The molecule has 0 saturated heterocycles. The summed E-state index contributed by atoms with van der Waals surface area (Å²) < 4.78 is 0. The lowest BCUT2D eigenvalue weighted by Gasteiger charge is -2.05. The Hall–Kier alpha value is -1.28. The molecule has 1 aromatic rings. The van der Waals surface area contributed by atoms with E-state index >= 15 is 0 Å². The molecule has 0 spiro atoms. The van der Waals surface area contributed by atoms with Crippen molar-refractivity contribution in [1.82, 2.24) is 5.32 Å². The SMILES string of the molecule is Cc1ccccc1CC(=O)NC/C=C/CCl. The van der Waals surface area contributed by atoms with Crippen molar-refractivity contribution in [3.63, 3.8) is 0 Å². The summed E-state index contributed by atoms with van der Waals surface area (Å²) in [6.07, 6.45) is 4.10. The van der Waals surface area contributed by atoms with Crippen LogP contribution in [0.15, 0.2) is 36.4 Å². The maximum atomic E-state index is 11.5. The summed E-state index contributed by atoms with van der Waals surface area (Å²) in [5.41, 5.74) is 2.22. The van der Waals surface area contributed by atoms with Crippen LogP contribution in [-0.2, 0) is 11.2 Å². The Balaban J connectivity index is 2.40. The Morgan fingerprint density at radius 1 is 1.38 bits per heavy atom. The third-order valence-electron chi connectivity index (χ3n) is 2.29. The van der Waals surface area contributed by atoms with Gasteiger partial charge >= 0.3 is 0 Å². The molecule has 16 heavy (non-hydrogen) atoms. The van der Waals surface area contributed by atoms with Gasteiger partial charge in [0.2, 0.25) is 5.91 Å². The number of hydrogen-bond acceptors (Lipinski definition) is 1. The molecule has 1 amide bonds. The zero-order chi connectivity index (χ0) is 11.8. The number of benzene rings is 1. The number of carbonyl (C=O) groups is 1. The Labute approximate surface area is 101 Å². The molecule has 0 fully saturated rings. The second kappa shape index (κ2) is 7.07. The van der Waals surface area contributed by atoms with Crippen LogP contribution in [0.3, 0.4) is 0 Å². The maximum Gasteiger partial charge on any atom is 0.224 e. The van der Waals surface area contributed by atoms with Crippen LogP contribution in [0.5, 0.6) is 0 Å². The van der Waals surface area contributed by atoms with E-state index in [0.29, 0.717) is 18.8 Å². The van der Waals surface area contributed by atoms with E-state index in [1.807, 2.05) is 43.3 Å². The van der Waals surface area contributed by atoms with Crippen molar-refractivity contribution in [2.75, 3.05) is 12.4 Å². The topological polar surface area (TPSA) is 29.1 Å². The molecule has 1 N–H and O–H groups in total. The van der Waals surface area contributed by atoms with E-state index in [9.17, 15) is 4.79 Å². The van der Waals surface area contributed by atoms with E-state index < -0.39 is 0 Å². The van der Waals surface area contributed by atoms with Gasteiger partial charge in [-0.05, 0) is 18.1 Å². The molecule has 0 aromatic heterocycles. The van der Waals surface area contributed by atoms with Crippen molar-refractivity contribution in [2.45, 2.75) is 13.3 Å². The molecule has 0 unspecified atom stereocenters. The molecule has 1 aromatic carbocycles. The van der Waals surface area contributed by atoms with Crippen molar-refractivity contribution in [3.05, 3.63) is 47.5 Å². The van der Waals surface area contributed by atoms with Gasteiger partial charge in [0, 0.05) is 12.4 Å². The lowest BCUT2D eigenvalue weighted by atomic mass is 10.1. The molecule has 0 heterocycles. The summed E-state index contributed by atoms with van der Waals surface area (Å²) in [5, 5.41) is 2.81. The van der Waals surface area contributed by atoms with Crippen molar-refractivity contribution in [1.29, 1.82) is 0 Å². The van der Waals surface area contributed by atoms with Crippen molar-refractivity contribution < 1.29 is 4.79 Å². The number of hydrogen-bond donors (Lipinski definition) is 1. The number of aryl methyl sites for hydroxylation is 1. The van der Waals surface area contributed by atoms with Gasteiger partial charge in [0.25, 0.3) is 0 Å². The molecule has 2 nitrogen and oxygen atoms in total. The number of halogens is 1. The van der Waals surface area contributed by atoms with Crippen LogP contribution in [-0.4, -0.2) is 18.3 Å². The molecule has 0 aliphatic heterocycles. The Morgan fingerprint density at radius 2 is 2.12 bits per heavy atom. The predicted octanol–water partition coefficient (Wildman–Crippen LogP) is 2.45. The lowest BCUT2D eigenvalue weighted by molar-refractivity contribution is -0.120. The smallest absolute Gasteiger partial charge is 0.224 e. The molecule has 0 aliphatic carbocycles. The van der Waals surface area contributed by atoms with E-state index in [4.69, 9.17) is 11.6 Å². The molecule has 1 rings (SSSR count). The second-order valence-electron chi connectivity index (χ2n) is 3.53. The highest BCUT2D eigenvalue weighted by atomic mass is 35.5. The number of rotatable bonds is 5. The van der Waals surface area contributed by atoms with Gasteiger partial charge in [0.1, 0.15) is 0 Å². The van der Waals surface area contributed by atoms with Gasteiger partial charge < -0.3 is 5.32 Å². The van der Waals surface area contributed by atoms with Crippen LogP contribution in [0, 0.1) is 6.92 Å². The summed E-state index contributed by atoms with van der Waals surface area (Å²) in [4.78, 5) is 11.5. The van der Waals surface area contributed by atoms with Crippen LogP contribution >= 0.6 is 11.6 Å². The summed E-state index contributed by atoms with van der Waals surface area (Å²) >= 11 is 5.47. The summed E-state index contributed by atoms with van der Waals surface area (Å²) in [6, 6.07) is 7.91. The molecule has 0 radical (unpaired) electrons. The Bertz CT molecular complexity index is 374. The van der Waals surface area contributed by atoms with Crippen LogP contribution in [0.2, 0.25) is 0 Å². The zero-order valence-corrected chi connectivity index (χ0v) is 10.1. The van der Waals surface area contributed by atoms with Gasteiger partial charge in [-0.2, -0.15) is 0 Å². The fraction of sp³-hybridized carbons (Fsp3) is 0.308. The van der Waals surface area contributed by atoms with Crippen molar-refractivity contribution in [2.24, 2.45) is 0 Å². The van der Waals surface area contributed by atoms with Crippen LogP contribution in [0.4, 0.5) is 0 Å². The van der Waals surface area contributed by atoms with Crippen LogP contribution < -0.4 is 5.32 Å². The third-order valence-corrected chi connectivity index (χ3v) is 2.46. The first kappa shape index (κ1) is 12.8. The van der Waals surface area contributed by atoms with E-state index in [1.165, 1.54) is 0 Å². The van der Waals surface area contributed by atoms with Gasteiger partial charge in [0.15, 0.2) is 0 Å². The average Bonchev–Trinajstić information content (AvgIpc) is 2.28. The van der Waals surface area contributed by atoms with Crippen molar-refractivity contribution >= 4 is 17.5 Å². The Morgan fingerprint density at radius 3 is 2.81 bits per heavy atom. The fourth-order valence-corrected chi connectivity index (χ4v) is 1.49. The number of allylic oxidation sites excluding steroid dienone is 1. The minimum atomic E-state index is 0.0357. The maximum absolute atomic E-state index is 11.5. The summed E-state index contributed by atoms with van der Waals surface area (Å²) in [5.74, 6) is 0.515. The first-order valence-electron chi connectivity index (χ1n) is 5.26. The highest BCUT2D eigenvalue weighted by Gasteiger charge is 2.03. The number of carbonyl (C=O) groups excluding carboxylic acids is 1. The monoisotopic (exact) mass is 237 g/mol. The minimum Gasteiger partial charge on any atom is -0.352 e. The van der Waals surface area contributed by atoms with Gasteiger partial charge in [-0.1, -0.05) is 36.4 Å². The Kier molecular flexibility index (Phi) is 5.65. The summed E-state index contributed by atoms with van der Waals surface area (Å²) in [7, 11) is 0. The fourth-order valence-electron chi connectivity index (χ4n) is 1.36. The second-order valence-corrected chi connectivity index (χ2v) is 3.84. The lowest BCUT2D eigenvalue weighted by Crippen LogP contribution is -2.25. The van der Waals surface area contributed by atoms with Crippen LogP contribution in [0.1, 0.15) is 11.1 Å². The van der Waals surface area contributed by atoms with Crippen molar-refractivity contribution in [3.8, 4) is 0 Å². The summed E-state index contributed by atoms with van der Waals surface area (Å²) in [6.45, 7) is 2.55. The highest BCUT2D eigenvalue weighted by molar-refractivity contribution is 6.18. The largest absolute Gasteiger partial charge is 0.352 e. The van der Waals surface area contributed by atoms with Gasteiger partial charge in [-0.3, -0.25) is 4.79 Å². The van der Waals surface area contributed by atoms with Gasteiger partial charge in [-0.15, -0.1) is 11.6 Å². The zero-order valence-electron chi connectivity index (χ0n) is 9.37. The number of alkyl halides is 1. The molecule has 0 bridgehead atoms. The minimum absolute atomic E-state index is 0.0357. The molecular formula is C13H16ClNO.